The lowest BCUT2D eigenvalue weighted by Gasteiger charge is -2.26. The fourth-order valence-electron chi connectivity index (χ4n) is 3.99. The number of hydrogen-bond donors (Lipinski definition) is 1. The number of likely N-dealkylation sites (tertiary alicyclic amines) is 1. The summed E-state index contributed by atoms with van der Waals surface area (Å²) in [6.07, 6.45) is 1.32. The Morgan fingerprint density at radius 2 is 1.79 bits per heavy atom. The highest BCUT2D eigenvalue weighted by Gasteiger charge is 2.36. The normalized spacial score (nSPS) is 16.1. The van der Waals surface area contributed by atoms with Crippen molar-refractivity contribution in [2.45, 2.75) is 31.8 Å². The molecule has 2 aromatic carbocycles. The number of halogens is 1. The van der Waals surface area contributed by atoms with Gasteiger partial charge in [0, 0.05) is 18.7 Å². The fourth-order valence-corrected chi connectivity index (χ4v) is 4.16. The Bertz CT molecular complexity index is 1010. The predicted octanol–water partition coefficient (Wildman–Crippen LogP) is 3.86. The van der Waals surface area contributed by atoms with Crippen molar-refractivity contribution in [2.24, 2.45) is 0 Å². The molecule has 1 aliphatic rings. The number of carbonyl (C=O) groups is 2. The van der Waals surface area contributed by atoms with Gasteiger partial charge in [-0.3, -0.25) is 9.59 Å². The molecule has 1 heterocycles. The molecule has 0 spiro atoms. The number of rotatable bonds is 10. The molecule has 0 saturated carbocycles. The minimum absolute atomic E-state index is 0.210. The van der Waals surface area contributed by atoms with Gasteiger partial charge in [0.15, 0.2) is 11.5 Å². The minimum atomic E-state index is -0.572. The van der Waals surface area contributed by atoms with Crippen molar-refractivity contribution in [1.29, 1.82) is 0 Å². The van der Waals surface area contributed by atoms with Crippen LogP contribution >= 0.6 is 11.6 Å². The van der Waals surface area contributed by atoms with Gasteiger partial charge in [0.2, 0.25) is 5.91 Å². The summed E-state index contributed by atoms with van der Waals surface area (Å²) < 4.78 is 21.5. The lowest BCUT2D eigenvalue weighted by molar-refractivity contribution is -0.125. The largest absolute Gasteiger partial charge is 0.496 e. The summed E-state index contributed by atoms with van der Waals surface area (Å²) in [7, 11) is 4.67. The van der Waals surface area contributed by atoms with Crippen LogP contribution in [-0.4, -0.2) is 63.8 Å². The second-order valence-corrected chi connectivity index (χ2v) is 8.42. The third-order valence-electron chi connectivity index (χ3n) is 5.80. The summed E-state index contributed by atoms with van der Waals surface area (Å²) in [6.45, 7) is 3.25. The molecule has 3 rings (SSSR count). The minimum Gasteiger partial charge on any atom is -0.496 e. The first kappa shape index (κ1) is 25.6. The van der Waals surface area contributed by atoms with E-state index in [1.54, 1.807) is 37.3 Å². The van der Waals surface area contributed by atoms with Crippen LogP contribution < -0.4 is 19.5 Å². The second-order valence-electron chi connectivity index (χ2n) is 7.98. The van der Waals surface area contributed by atoms with Crippen molar-refractivity contribution < 1.29 is 28.5 Å². The van der Waals surface area contributed by atoms with Crippen LogP contribution in [0.25, 0.3) is 0 Å². The van der Waals surface area contributed by atoms with E-state index in [-0.39, 0.29) is 17.9 Å². The third-order valence-corrected chi connectivity index (χ3v) is 6.03. The van der Waals surface area contributed by atoms with Gasteiger partial charge < -0.3 is 29.2 Å². The molecule has 2 atom stereocenters. The first-order valence-electron chi connectivity index (χ1n) is 11.1. The van der Waals surface area contributed by atoms with Gasteiger partial charge in [0.1, 0.15) is 18.4 Å². The monoisotopic (exact) mass is 490 g/mol. The van der Waals surface area contributed by atoms with E-state index in [1.807, 2.05) is 25.1 Å². The number of nitrogens with zero attached hydrogens (tertiary/aromatic N) is 1. The first-order valence-corrected chi connectivity index (χ1v) is 11.5. The summed E-state index contributed by atoms with van der Waals surface area (Å²) >= 11 is 6.10. The Labute approximate surface area is 205 Å². The maximum Gasteiger partial charge on any atom is 0.258 e. The average Bonchev–Trinajstić information content (AvgIpc) is 3.34. The van der Waals surface area contributed by atoms with Crippen LogP contribution in [0, 0.1) is 0 Å². The van der Waals surface area contributed by atoms with Gasteiger partial charge in [-0.2, -0.15) is 0 Å². The van der Waals surface area contributed by atoms with Crippen LogP contribution in [0.4, 0.5) is 0 Å². The Morgan fingerprint density at radius 3 is 2.50 bits per heavy atom. The summed E-state index contributed by atoms with van der Waals surface area (Å²) in [4.78, 5) is 28.0. The van der Waals surface area contributed by atoms with Crippen molar-refractivity contribution in [3.63, 3.8) is 0 Å². The van der Waals surface area contributed by atoms with Crippen molar-refractivity contribution in [3.05, 3.63) is 52.5 Å². The van der Waals surface area contributed by atoms with Crippen LogP contribution in [0.15, 0.2) is 36.4 Å². The van der Waals surface area contributed by atoms with Gasteiger partial charge in [-0.1, -0.05) is 17.7 Å². The van der Waals surface area contributed by atoms with E-state index < -0.39 is 6.04 Å². The Balaban J connectivity index is 1.71. The van der Waals surface area contributed by atoms with Crippen LogP contribution in [-0.2, 0) is 9.53 Å². The molecule has 0 aromatic heterocycles. The van der Waals surface area contributed by atoms with Crippen molar-refractivity contribution in [3.8, 4) is 17.2 Å². The van der Waals surface area contributed by atoms with E-state index in [1.165, 1.54) is 7.11 Å². The molecule has 2 amide bonds. The van der Waals surface area contributed by atoms with Gasteiger partial charge in [-0.05, 0) is 55.7 Å². The van der Waals surface area contributed by atoms with E-state index in [4.69, 9.17) is 30.5 Å². The van der Waals surface area contributed by atoms with E-state index >= 15 is 0 Å². The zero-order valence-electron chi connectivity index (χ0n) is 19.9. The van der Waals surface area contributed by atoms with Crippen LogP contribution in [0.2, 0.25) is 5.02 Å². The first-order chi connectivity index (χ1) is 16.4. The smallest absolute Gasteiger partial charge is 0.258 e. The number of ether oxygens (including phenoxy) is 4. The molecule has 0 bridgehead atoms. The van der Waals surface area contributed by atoms with Crippen LogP contribution in [0.3, 0.4) is 0 Å². The molecule has 9 heteroatoms. The molecule has 2 unspecified atom stereocenters. The molecule has 2 aromatic rings. The fraction of sp³-hybridized carbons (Fsp3) is 0.440. The summed E-state index contributed by atoms with van der Waals surface area (Å²) in [6, 6.07) is 9.54. The van der Waals surface area contributed by atoms with Gasteiger partial charge in [-0.25, -0.2) is 0 Å². The van der Waals surface area contributed by atoms with Gasteiger partial charge in [0.05, 0.1) is 32.4 Å². The Kier molecular flexibility index (Phi) is 9.01. The van der Waals surface area contributed by atoms with Crippen molar-refractivity contribution in [1.82, 2.24) is 10.2 Å². The highest BCUT2D eigenvalue weighted by Crippen LogP contribution is 2.31. The van der Waals surface area contributed by atoms with Crippen molar-refractivity contribution >= 4 is 23.4 Å². The van der Waals surface area contributed by atoms with E-state index in [0.29, 0.717) is 54.0 Å². The topological polar surface area (TPSA) is 86.3 Å². The maximum atomic E-state index is 13.2. The van der Waals surface area contributed by atoms with E-state index in [9.17, 15) is 9.59 Å². The summed E-state index contributed by atoms with van der Waals surface area (Å²) in [5.41, 5.74) is 1.20. The predicted molar refractivity (Wildman–Crippen MR) is 129 cm³/mol. The number of carbonyl (C=O) groups excluding carboxylic acids is 2. The highest BCUT2D eigenvalue weighted by atomic mass is 35.5. The number of benzene rings is 2. The van der Waals surface area contributed by atoms with E-state index in [0.717, 1.165) is 12.0 Å². The molecule has 1 N–H and O–H groups in total. The molecule has 1 saturated heterocycles. The Hall–Kier alpha value is -2.97. The zero-order valence-corrected chi connectivity index (χ0v) is 20.7. The molecule has 184 valence electrons. The standard InChI is InChI=1S/C25H31ClN2O6/c1-16(17-7-9-22(23(14-17)33-4)34-13-12-31-2)27-24(29)20-6-5-11-28(20)25(30)19-15-18(26)8-10-21(19)32-3/h7-10,14-16,20H,5-6,11-13H2,1-4H3,(H,27,29). The quantitative estimate of drug-likeness (QED) is 0.509. The maximum absolute atomic E-state index is 13.2. The molecule has 34 heavy (non-hydrogen) atoms. The van der Waals surface area contributed by atoms with Gasteiger partial charge >= 0.3 is 0 Å². The summed E-state index contributed by atoms with van der Waals surface area (Å²) in [5.74, 6) is 1.11. The zero-order chi connectivity index (χ0) is 24.7. The SMILES string of the molecule is COCCOc1ccc(C(C)NC(=O)C2CCCN2C(=O)c2cc(Cl)ccc2OC)cc1OC. The van der Waals surface area contributed by atoms with Crippen LogP contribution in [0.5, 0.6) is 17.2 Å². The molecule has 1 aliphatic heterocycles. The Morgan fingerprint density at radius 1 is 1.06 bits per heavy atom. The molecular formula is C25H31ClN2O6. The molecule has 0 aliphatic carbocycles. The molecule has 1 fully saturated rings. The lowest BCUT2D eigenvalue weighted by atomic mass is 10.1. The molecule has 0 radical (unpaired) electrons. The summed E-state index contributed by atoms with van der Waals surface area (Å²) in [5, 5.41) is 3.46. The van der Waals surface area contributed by atoms with Gasteiger partial charge in [-0.15, -0.1) is 0 Å². The third kappa shape index (κ3) is 5.93. The number of amides is 2. The van der Waals surface area contributed by atoms with Crippen molar-refractivity contribution in [2.75, 3.05) is 41.1 Å². The highest BCUT2D eigenvalue weighted by molar-refractivity contribution is 6.31. The van der Waals surface area contributed by atoms with Gasteiger partial charge in [0.25, 0.3) is 5.91 Å². The number of nitrogens with one attached hydrogen (secondary N) is 1. The second kappa shape index (κ2) is 11.9. The number of hydrogen-bond acceptors (Lipinski definition) is 6. The van der Waals surface area contributed by atoms with E-state index in [2.05, 4.69) is 5.32 Å². The average molecular weight is 491 g/mol. The molecular weight excluding hydrogens is 460 g/mol. The van der Waals surface area contributed by atoms with Crippen LogP contribution in [0.1, 0.15) is 41.7 Å². The lowest BCUT2D eigenvalue weighted by Crippen LogP contribution is -2.46. The molecule has 8 nitrogen and oxygen atoms in total. The number of methoxy groups -OCH3 is 3.